The zero-order chi connectivity index (χ0) is 14.0. The highest BCUT2D eigenvalue weighted by Crippen LogP contribution is 2.31. The van der Waals surface area contributed by atoms with Crippen LogP contribution in [-0.4, -0.2) is 7.05 Å². The van der Waals surface area contributed by atoms with Crippen molar-refractivity contribution in [2.75, 3.05) is 7.05 Å². The highest BCUT2D eigenvalue weighted by molar-refractivity contribution is 6.33. The Hall–Kier alpha value is -1.38. The lowest BCUT2D eigenvalue weighted by Gasteiger charge is -2.13. The van der Waals surface area contributed by atoms with Crippen LogP contribution in [0.5, 0.6) is 0 Å². The second-order valence-electron chi connectivity index (χ2n) is 4.74. The number of hydrogen-bond acceptors (Lipinski definition) is 1. The molecule has 0 atom stereocenters. The van der Waals surface area contributed by atoms with Gasteiger partial charge in [0.2, 0.25) is 0 Å². The van der Waals surface area contributed by atoms with Crippen LogP contribution < -0.4 is 5.32 Å². The first-order valence-electron chi connectivity index (χ1n) is 6.23. The van der Waals surface area contributed by atoms with Crippen LogP contribution in [0.15, 0.2) is 30.3 Å². The van der Waals surface area contributed by atoms with Crippen molar-refractivity contribution in [3.8, 4) is 11.1 Å². The number of benzene rings is 2. The van der Waals surface area contributed by atoms with Gasteiger partial charge >= 0.3 is 0 Å². The molecule has 2 aromatic rings. The summed E-state index contributed by atoms with van der Waals surface area (Å²) in [5.74, 6) is -0.269. The van der Waals surface area contributed by atoms with Crippen LogP contribution in [0.1, 0.15) is 16.7 Å². The molecule has 0 bridgehead atoms. The summed E-state index contributed by atoms with van der Waals surface area (Å²) in [6.45, 7) is 4.96. The average Bonchev–Trinajstić information content (AvgIpc) is 2.36. The molecule has 0 aliphatic rings. The van der Waals surface area contributed by atoms with Gasteiger partial charge in [-0.15, -0.1) is 0 Å². The van der Waals surface area contributed by atoms with E-state index < -0.39 is 0 Å². The molecule has 0 saturated heterocycles. The van der Waals surface area contributed by atoms with E-state index in [-0.39, 0.29) is 5.82 Å². The summed E-state index contributed by atoms with van der Waals surface area (Å²) in [5, 5.41) is 3.73. The molecule has 0 radical (unpaired) electrons. The smallest absolute Gasteiger partial charge is 0.123 e. The van der Waals surface area contributed by atoms with E-state index in [1.807, 2.05) is 7.05 Å². The average molecular weight is 278 g/mol. The lowest BCUT2D eigenvalue weighted by Crippen LogP contribution is -2.08. The third-order valence-electron chi connectivity index (χ3n) is 3.29. The Balaban J connectivity index is 2.55. The van der Waals surface area contributed by atoms with Gasteiger partial charge in [-0.05, 0) is 61.3 Å². The minimum absolute atomic E-state index is 0.269. The van der Waals surface area contributed by atoms with Gasteiger partial charge in [0.25, 0.3) is 0 Å². The maximum Gasteiger partial charge on any atom is 0.123 e. The summed E-state index contributed by atoms with van der Waals surface area (Å²) >= 11 is 6.16. The highest BCUT2D eigenvalue weighted by Gasteiger charge is 2.09. The van der Waals surface area contributed by atoms with Crippen LogP contribution in [0.4, 0.5) is 4.39 Å². The van der Waals surface area contributed by atoms with E-state index in [1.165, 1.54) is 28.8 Å². The van der Waals surface area contributed by atoms with Crippen molar-refractivity contribution in [3.05, 3.63) is 57.9 Å². The molecule has 0 aliphatic carbocycles. The van der Waals surface area contributed by atoms with Gasteiger partial charge in [-0.3, -0.25) is 0 Å². The van der Waals surface area contributed by atoms with Gasteiger partial charge < -0.3 is 5.32 Å². The van der Waals surface area contributed by atoms with Crippen LogP contribution in [0.25, 0.3) is 11.1 Å². The molecule has 1 N–H and O–H groups in total. The zero-order valence-electron chi connectivity index (χ0n) is 11.3. The molecule has 0 spiro atoms. The van der Waals surface area contributed by atoms with Crippen LogP contribution >= 0.6 is 11.6 Å². The molecule has 2 rings (SSSR count). The summed E-state index contributed by atoms with van der Waals surface area (Å²) in [6.07, 6.45) is 0. The van der Waals surface area contributed by atoms with Gasteiger partial charge in [-0.25, -0.2) is 4.39 Å². The molecule has 19 heavy (non-hydrogen) atoms. The SMILES string of the molecule is CNCc1c(C)cc(-c2cc(F)ccc2Cl)cc1C. The molecule has 0 unspecified atom stereocenters. The predicted molar refractivity (Wildman–Crippen MR) is 79.1 cm³/mol. The second kappa shape index (κ2) is 5.72. The summed E-state index contributed by atoms with van der Waals surface area (Å²) < 4.78 is 13.4. The Bertz CT molecular complexity index is 585. The van der Waals surface area contributed by atoms with Crippen molar-refractivity contribution in [1.82, 2.24) is 5.32 Å². The molecule has 3 heteroatoms. The predicted octanol–water partition coefficient (Wildman–Crippen LogP) is 4.48. The molecule has 2 aromatic carbocycles. The lowest BCUT2D eigenvalue weighted by molar-refractivity contribution is 0.628. The number of nitrogens with one attached hydrogen (secondary N) is 1. The summed E-state index contributed by atoms with van der Waals surface area (Å²) in [7, 11) is 1.93. The number of halogens is 2. The largest absolute Gasteiger partial charge is 0.316 e. The Morgan fingerprint density at radius 2 is 1.74 bits per heavy atom. The molecule has 1 nitrogen and oxygen atoms in total. The number of hydrogen-bond donors (Lipinski definition) is 1. The molecule has 0 fully saturated rings. The Morgan fingerprint density at radius 3 is 2.32 bits per heavy atom. The Kier molecular flexibility index (Phi) is 4.23. The fourth-order valence-electron chi connectivity index (χ4n) is 2.32. The van der Waals surface area contributed by atoms with E-state index in [2.05, 4.69) is 31.3 Å². The molecular weight excluding hydrogens is 261 g/mol. The van der Waals surface area contributed by atoms with Crippen molar-refractivity contribution in [3.63, 3.8) is 0 Å². The van der Waals surface area contributed by atoms with E-state index in [9.17, 15) is 4.39 Å². The van der Waals surface area contributed by atoms with E-state index >= 15 is 0 Å². The van der Waals surface area contributed by atoms with Crippen molar-refractivity contribution in [1.29, 1.82) is 0 Å². The number of aryl methyl sites for hydroxylation is 2. The summed E-state index contributed by atoms with van der Waals surface area (Å²) in [6, 6.07) is 8.56. The first-order valence-corrected chi connectivity index (χ1v) is 6.61. The first-order chi connectivity index (χ1) is 9.02. The maximum absolute atomic E-state index is 13.4. The Morgan fingerprint density at radius 1 is 1.11 bits per heavy atom. The maximum atomic E-state index is 13.4. The van der Waals surface area contributed by atoms with Crippen LogP contribution in [-0.2, 0) is 6.54 Å². The fourth-order valence-corrected chi connectivity index (χ4v) is 2.55. The van der Waals surface area contributed by atoms with Crippen molar-refractivity contribution in [2.45, 2.75) is 20.4 Å². The molecule has 0 aromatic heterocycles. The van der Waals surface area contributed by atoms with Gasteiger partial charge in [0.05, 0.1) is 0 Å². The minimum atomic E-state index is -0.269. The standard InChI is InChI=1S/C16H17ClFN/c1-10-6-12(7-11(2)15(10)9-19-3)14-8-13(18)4-5-16(14)17/h4-8,19H,9H2,1-3H3. The second-order valence-corrected chi connectivity index (χ2v) is 5.15. The van der Waals surface area contributed by atoms with Gasteiger partial charge in [-0.2, -0.15) is 0 Å². The highest BCUT2D eigenvalue weighted by atomic mass is 35.5. The molecule has 0 saturated carbocycles. The van der Waals surface area contributed by atoms with Gasteiger partial charge in [0.1, 0.15) is 5.82 Å². The monoisotopic (exact) mass is 277 g/mol. The van der Waals surface area contributed by atoms with Crippen LogP contribution in [0.3, 0.4) is 0 Å². The molecule has 0 heterocycles. The normalized spacial score (nSPS) is 10.8. The van der Waals surface area contributed by atoms with Crippen LogP contribution in [0.2, 0.25) is 5.02 Å². The van der Waals surface area contributed by atoms with Crippen LogP contribution in [0, 0.1) is 19.7 Å². The quantitative estimate of drug-likeness (QED) is 0.872. The number of rotatable bonds is 3. The van der Waals surface area contributed by atoms with Crippen molar-refractivity contribution in [2.24, 2.45) is 0 Å². The van der Waals surface area contributed by atoms with Crippen molar-refractivity contribution >= 4 is 11.6 Å². The molecule has 0 aliphatic heterocycles. The lowest BCUT2D eigenvalue weighted by atomic mass is 9.95. The van der Waals surface area contributed by atoms with E-state index in [1.54, 1.807) is 6.07 Å². The summed E-state index contributed by atoms with van der Waals surface area (Å²) in [4.78, 5) is 0. The van der Waals surface area contributed by atoms with Gasteiger partial charge in [0, 0.05) is 17.1 Å². The van der Waals surface area contributed by atoms with E-state index in [0.29, 0.717) is 5.02 Å². The third-order valence-corrected chi connectivity index (χ3v) is 3.62. The fraction of sp³-hybridized carbons (Fsp3) is 0.250. The third kappa shape index (κ3) is 2.96. The van der Waals surface area contributed by atoms with E-state index in [4.69, 9.17) is 11.6 Å². The van der Waals surface area contributed by atoms with Gasteiger partial charge in [-0.1, -0.05) is 23.7 Å². The first kappa shape index (κ1) is 14.0. The Labute approximate surface area is 118 Å². The minimum Gasteiger partial charge on any atom is -0.316 e. The molecule has 100 valence electrons. The topological polar surface area (TPSA) is 12.0 Å². The van der Waals surface area contributed by atoms with Crippen molar-refractivity contribution < 1.29 is 4.39 Å². The zero-order valence-corrected chi connectivity index (χ0v) is 12.1. The molecule has 0 amide bonds. The van der Waals surface area contributed by atoms with Gasteiger partial charge in [0.15, 0.2) is 0 Å². The molecular formula is C16H17ClFN. The summed E-state index contributed by atoms with van der Waals surface area (Å²) in [5.41, 5.74) is 5.34. The van der Waals surface area contributed by atoms with E-state index in [0.717, 1.165) is 17.7 Å².